The van der Waals surface area contributed by atoms with Crippen LogP contribution in [0.5, 0.6) is 11.5 Å². The van der Waals surface area contributed by atoms with Gasteiger partial charge in [-0.05, 0) is 18.2 Å². The van der Waals surface area contributed by atoms with Gasteiger partial charge < -0.3 is 14.0 Å². The monoisotopic (exact) mass is 346 g/mol. The molecule has 0 N–H and O–H groups in total. The van der Waals surface area contributed by atoms with Gasteiger partial charge in [0.15, 0.2) is 11.5 Å². The Morgan fingerprint density at radius 2 is 2.00 bits per heavy atom. The Kier molecular flexibility index (Phi) is 3.84. The second-order valence-corrected chi connectivity index (χ2v) is 5.46. The molecule has 0 aliphatic carbocycles. The van der Waals surface area contributed by atoms with Crippen LogP contribution in [-0.2, 0) is 6.54 Å². The van der Waals surface area contributed by atoms with Gasteiger partial charge in [0.1, 0.15) is 5.69 Å². The predicted octanol–water partition coefficient (Wildman–Crippen LogP) is 3.86. The molecule has 0 spiro atoms. The van der Waals surface area contributed by atoms with Gasteiger partial charge in [-0.15, -0.1) is 0 Å². The highest BCUT2D eigenvalue weighted by molar-refractivity contribution is 9.10. The highest BCUT2D eigenvalue weighted by atomic mass is 79.9. The molecule has 0 atom stereocenters. The fourth-order valence-electron chi connectivity index (χ4n) is 2.45. The molecule has 21 heavy (non-hydrogen) atoms. The summed E-state index contributed by atoms with van der Waals surface area (Å²) >= 11 is 3.57. The zero-order valence-electron chi connectivity index (χ0n) is 11.8. The average Bonchev–Trinajstić information content (AvgIpc) is 2.91. The van der Waals surface area contributed by atoms with E-state index < -0.39 is 0 Å². The van der Waals surface area contributed by atoms with Crippen LogP contribution in [0, 0.1) is 0 Å². The Morgan fingerprint density at radius 1 is 1.14 bits per heavy atom. The molecule has 5 heteroatoms. The Hall–Kier alpha value is -2.01. The van der Waals surface area contributed by atoms with Crippen molar-refractivity contribution in [3.05, 3.63) is 52.9 Å². The molecule has 108 valence electrons. The van der Waals surface area contributed by atoms with Crippen molar-refractivity contribution in [1.82, 2.24) is 9.55 Å². The van der Waals surface area contributed by atoms with Crippen LogP contribution in [-0.4, -0.2) is 23.8 Å². The fourth-order valence-corrected chi connectivity index (χ4v) is 2.94. The van der Waals surface area contributed by atoms with Crippen molar-refractivity contribution in [1.29, 1.82) is 0 Å². The lowest BCUT2D eigenvalue weighted by Gasteiger charge is -2.12. The number of ether oxygens (including phenoxy) is 2. The highest BCUT2D eigenvalue weighted by Gasteiger charge is 2.13. The molecule has 3 aromatic rings. The molecule has 0 aliphatic heterocycles. The summed E-state index contributed by atoms with van der Waals surface area (Å²) in [6.07, 6.45) is 3.79. The summed E-state index contributed by atoms with van der Waals surface area (Å²) in [6.45, 7) is 0.625. The maximum absolute atomic E-state index is 5.44. The Labute approximate surface area is 131 Å². The smallest absolute Gasteiger partial charge is 0.184 e. The summed E-state index contributed by atoms with van der Waals surface area (Å²) in [7, 11) is 3.26. The standard InChI is InChI=1S/C16H15BrN2O2/c1-20-15-6-8-18-13(16(15)21-2)10-19-9-7-11-12(17)4-3-5-14(11)19/h3-9H,10H2,1-2H3. The third kappa shape index (κ3) is 2.49. The molecule has 0 aliphatic rings. The molecule has 0 radical (unpaired) electrons. The van der Waals surface area contributed by atoms with E-state index in [1.54, 1.807) is 26.5 Å². The molecular weight excluding hydrogens is 332 g/mol. The number of fused-ring (bicyclic) bond motifs is 1. The van der Waals surface area contributed by atoms with Crippen molar-refractivity contribution >= 4 is 26.8 Å². The Balaban J connectivity index is 2.05. The van der Waals surface area contributed by atoms with Crippen LogP contribution in [0.15, 0.2) is 47.2 Å². The van der Waals surface area contributed by atoms with E-state index in [1.165, 1.54) is 5.39 Å². The lowest BCUT2D eigenvalue weighted by atomic mass is 10.2. The first-order valence-electron chi connectivity index (χ1n) is 6.54. The number of rotatable bonds is 4. The molecular formula is C16H15BrN2O2. The first-order chi connectivity index (χ1) is 10.2. The van der Waals surface area contributed by atoms with Crippen molar-refractivity contribution in [3.8, 4) is 11.5 Å². The minimum Gasteiger partial charge on any atom is -0.493 e. The number of methoxy groups -OCH3 is 2. The largest absolute Gasteiger partial charge is 0.493 e. The molecule has 0 saturated heterocycles. The van der Waals surface area contributed by atoms with Crippen molar-refractivity contribution in [2.75, 3.05) is 14.2 Å². The van der Waals surface area contributed by atoms with Crippen LogP contribution < -0.4 is 9.47 Å². The van der Waals surface area contributed by atoms with E-state index in [2.05, 4.69) is 43.8 Å². The molecule has 0 unspecified atom stereocenters. The molecule has 3 rings (SSSR count). The first kappa shape index (κ1) is 13.9. The lowest BCUT2D eigenvalue weighted by molar-refractivity contribution is 0.348. The van der Waals surface area contributed by atoms with E-state index in [-0.39, 0.29) is 0 Å². The van der Waals surface area contributed by atoms with Gasteiger partial charge in [-0.3, -0.25) is 4.98 Å². The van der Waals surface area contributed by atoms with E-state index in [4.69, 9.17) is 9.47 Å². The quantitative estimate of drug-likeness (QED) is 0.719. The first-order valence-corrected chi connectivity index (χ1v) is 7.33. The van der Waals surface area contributed by atoms with Gasteiger partial charge in [-0.1, -0.05) is 22.0 Å². The summed E-state index contributed by atoms with van der Waals surface area (Å²) in [6, 6.07) is 10.0. The van der Waals surface area contributed by atoms with Crippen molar-refractivity contribution in [2.45, 2.75) is 6.54 Å². The van der Waals surface area contributed by atoms with E-state index in [0.717, 1.165) is 15.7 Å². The van der Waals surface area contributed by atoms with Gasteiger partial charge in [0.05, 0.1) is 20.8 Å². The molecule has 0 fully saturated rings. The summed E-state index contributed by atoms with van der Waals surface area (Å²) < 4.78 is 14.0. The normalized spacial score (nSPS) is 10.8. The maximum Gasteiger partial charge on any atom is 0.184 e. The molecule has 0 bridgehead atoms. The SMILES string of the molecule is COc1ccnc(Cn2ccc3c(Br)cccc32)c1OC. The summed E-state index contributed by atoms with van der Waals surface area (Å²) in [5.74, 6) is 1.37. The topological polar surface area (TPSA) is 36.3 Å². The number of nitrogens with zero attached hydrogens (tertiary/aromatic N) is 2. The third-order valence-electron chi connectivity index (χ3n) is 3.45. The number of hydrogen-bond donors (Lipinski definition) is 0. The van der Waals surface area contributed by atoms with Gasteiger partial charge in [0.2, 0.25) is 0 Å². The molecule has 2 heterocycles. The number of pyridine rings is 1. The fraction of sp³-hybridized carbons (Fsp3) is 0.188. The molecule has 2 aromatic heterocycles. The second kappa shape index (κ2) is 5.77. The van der Waals surface area contributed by atoms with Crippen LogP contribution in [0.25, 0.3) is 10.9 Å². The van der Waals surface area contributed by atoms with E-state index in [1.807, 2.05) is 12.1 Å². The molecule has 0 amide bonds. The second-order valence-electron chi connectivity index (χ2n) is 4.61. The van der Waals surface area contributed by atoms with E-state index in [9.17, 15) is 0 Å². The minimum absolute atomic E-state index is 0.625. The average molecular weight is 347 g/mol. The zero-order chi connectivity index (χ0) is 14.8. The van der Waals surface area contributed by atoms with Crippen LogP contribution in [0.3, 0.4) is 0 Å². The predicted molar refractivity (Wildman–Crippen MR) is 86.1 cm³/mol. The number of aromatic nitrogens is 2. The van der Waals surface area contributed by atoms with Gasteiger partial charge in [0, 0.05) is 33.8 Å². The number of hydrogen-bond acceptors (Lipinski definition) is 3. The van der Waals surface area contributed by atoms with Gasteiger partial charge >= 0.3 is 0 Å². The molecule has 1 aromatic carbocycles. The lowest BCUT2D eigenvalue weighted by Crippen LogP contribution is -2.04. The summed E-state index contributed by atoms with van der Waals surface area (Å²) in [4.78, 5) is 4.42. The van der Waals surface area contributed by atoms with Crippen LogP contribution in [0.2, 0.25) is 0 Å². The molecule has 4 nitrogen and oxygen atoms in total. The van der Waals surface area contributed by atoms with Crippen molar-refractivity contribution < 1.29 is 9.47 Å². The summed E-state index contributed by atoms with van der Waals surface area (Å²) in [5.41, 5.74) is 1.99. The van der Waals surface area contributed by atoms with Crippen molar-refractivity contribution in [2.24, 2.45) is 0 Å². The van der Waals surface area contributed by atoms with E-state index >= 15 is 0 Å². The van der Waals surface area contributed by atoms with Crippen LogP contribution in [0.1, 0.15) is 5.69 Å². The molecule has 0 saturated carbocycles. The van der Waals surface area contributed by atoms with Crippen LogP contribution >= 0.6 is 15.9 Å². The summed E-state index contributed by atoms with van der Waals surface area (Å²) in [5, 5.41) is 1.18. The van der Waals surface area contributed by atoms with Crippen molar-refractivity contribution in [3.63, 3.8) is 0 Å². The highest BCUT2D eigenvalue weighted by Crippen LogP contribution is 2.31. The Bertz CT molecular complexity index is 783. The number of halogens is 1. The zero-order valence-corrected chi connectivity index (χ0v) is 13.4. The van der Waals surface area contributed by atoms with Gasteiger partial charge in [0.25, 0.3) is 0 Å². The van der Waals surface area contributed by atoms with E-state index in [0.29, 0.717) is 18.0 Å². The Morgan fingerprint density at radius 3 is 2.76 bits per heavy atom. The number of benzene rings is 1. The minimum atomic E-state index is 0.625. The van der Waals surface area contributed by atoms with Gasteiger partial charge in [-0.25, -0.2) is 0 Å². The van der Waals surface area contributed by atoms with Crippen LogP contribution in [0.4, 0.5) is 0 Å². The third-order valence-corrected chi connectivity index (χ3v) is 4.14. The maximum atomic E-state index is 5.44. The van der Waals surface area contributed by atoms with Gasteiger partial charge in [-0.2, -0.15) is 0 Å².